The van der Waals surface area contributed by atoms with Crippen molar-refractivity contribution in [1.82, 2.24) is 14.9 Å². The third-order valence-corrected chi connectivity index (χ3v) is 8.51. The zero-order chi connectivity index (χ0) is 29.9. The maximum absolute atomic E-state index is 13.8. The smallest absolute Gasteiger partial charge is 0.318 e. The molecule has 11 heteroatoms. The summed E-state index contributed by atoms with van der Waals surface area (Å²) < 4.78 is 25.6. The van der Waals surface area contributed by atoms with Crippen LogP contribution < -0.4 is 14.5 Å². The first-order chi connectivity index (χ1) is 20.9. The Balaban J connectivity index is 1.29. The van der Waals surface area contributed by atoms with Gasteiger partial charge in [0.2, 0.25) is 0 Å². The average molecular weight is 605 g/mol. The van der Waals surface area contributed by atoms with Gasteiger partial charge in [-0.15, -0.1) is 0 Å². The number of hydrogen-bond donors (Lipinski definition) is 0. The SMILES string of the molecule is C=C(F)C(=O)N1CCN(c2nc(OCCCOC3CC3)nc3c2CCN(c2cccc4cccc(Cl)c24)C3)C[C@@H]1CC#N. The lowest BCUT2D eigenvalue weighted by molar-refractivity contribution is -0.131. The van der Waals surface area contributed by atoms with Gasteiger partial charge in [0.1, 0.15) is 5.82 Å². The van der Waals surface area contributed by atoms with Gasteiger partial charge in [-0.25, -0.2) is 4.39 Å². The van der Waals surface area contributed by atoms with Crippen molar-refractivity contribution in [3.8, 4) is 12.1 Å². The Morgan fingerprint density at radius 1 is 1.12 bits per heavy atom. The molecule has 2 fully saturated rings. The first kappa shape index (κ1) is 29.1. The molecule has 0 radical (unpaired) electrons. The maximum atomic E-state index is 13.8. The van der Waals surface area contributed by atoms with Crippen molar-refractivity contribution in [1.29, 1.82) is 5.26 Å². The molecule has 1 aliphatic carbocycles. The number of carbonyl (C=O) groups excluding carboxylic acids is 1. The number of anilines is 2. The second-order valence-corrected chi connectivity index (χ2v) is 11.6. The summed E-state index contributed by atoms with van der Waals surface area (Å²) in [6.07, 6.45) is 4.13. The summed E-state index contributed by atoms with van der Waals surface area (Å²) in [5, 5.41) is 12.2. The zero-order valence-corrected chi connectivity index (χ0v) is 24.7. The van der Waals surface area contributed by atoms with Crippen LogP contribution in [0.1, 0.15) is 36.9 Å². The van der Waals surface area contributed by atoms with E-state index in [1.165, 1.54) is 4.90 Å². The standard InChI is InChI=1S/C32H34ClFN6O3/c1-21(34)31(41)40-16-15-39(19-23(40)11-13-35)30-25-12-14-38(28-8-3-6-22-5-2-7-26(33)29(22)28)20-27(25)36-32(37-30)43-18-4-17-42-24-9-10-24/h2-3,5-8,23-24H,1,4,9-12,14-20H2/t23-/m0/s1. The van der Waals surface area contributed by atoms with E-state index in [9.17, 15) is 14.4 Å². The fourth-order valence-corrected chi connectivity index (χ4v) is 6.20. The van der Waals surface area contributed by atoms with Crippen LogP contribution in [0, 0.1) is 11.3 Å². The molecule has 1 atom stereocenters. The molecular formula is C32H34ClFN6O3. The summed E-state index contributed by atoms with van der Waals surface area (Å²) in [6.45, 7) is 6.52. The van der Waals surface area contributed by atoms with E-state index in [-0.39, 0.29) is 19.0 Å². The highest BCUT2D eigenvalue weighted by atomic mass is 35.5. The molecule has 9 nitrogen and oxygen atoms in total. The molecule has 1 aromatic heterocycles. The van der Waals surface area contributed by atoms with Gasteiger partial charge in [0, 0.05) is 49.2 Å². The fraction of sp³-hybridized carbons (Fsp3) is 0.438. The number of aromatic nitrogens is 2. The number of nitriles is 1. The second-order valence-electron chi connectivity index (χ2n) is 11.2. The van der Waals surface area contributed by atoms with E-state index < -0.39 is 17.8 Å². The number of carbonyl (C=O) groups is 1. The van der Waals surface area contributed by atoms with E-state index in [0.717, 1.165) is 59.3 Å². The minimum absolute atomic E-state index is 0.0722. The molecule has 3 heterocycles. The van der Waals surface area contributed by atoms with E-state index in [0.29, 0.717) is 50.4 Å². The zero-order valence-electron chi connectivity index (χ0n) is 24.0. The predicted octanol–water partition coefficient (Wildman–Crippen LogP) is 5.21. The highest BCUT2D eigenvalue weighted by molar-refractivity contribution is 6.36. The lowest BCUT2D eigenvalue weighted by atomic mass is 10.0. The predicted molar refractivity (Wildman–Crippen MR) is 163 cm³/mol. The number of rotatable bonds is 10. The Morgan fingerprint density at radius 3 is 2.70 bits per heavy atom. The third kappa shape index (κ3) is 6.38. The molecular weight excluding hydrogens is 571 g/mol. The van der Waals surface area contributed by atoms with Crippen LogP contribution in [-0.4, -0.2) is 72.3 Å². The van der Waals surface area contributed by atoms with Crippen molar-refractivity contribution in [3.63, 3.8) is 0 Å². The minimum Gasteiger partial charge on any atom is -0.463 e. The molecule has 3 aromatic rings. The summed E-state index contributed by atoms with van der Waals surface area (Å²) in [7, 11) is 0. The van der Waals surface area contributed by atoms with Crippen molar-refractivity contribution in [2.75, 3.05) is 49.2 Å². The number of hydrogen-bond acceptors (Lipinski definition) is 8. The summed E-state index contributed by atoms with van der Waals surface area (Å²) >= 11 is 6.66. The molecule has 1 saturated heterocycles. The molecule has 0 bridgehead atoms. The van der Waals surface area contributed by atoms with E-state index in [1.807, 2.05) is 18.2 Å². The molecule has 6 rings (SSSR count). The highest BCUT2D eigenvalue weighted by Crippen LogP contribution is 2.37. The molecule has 0 unspecified atom stereocenters. The van der Waals surface area contributed by atoms with Crippen LogP contribution in [0.3, 0.4) is 0 Å². The summed E-state index contributed by atoms with van der Waals surface area (Å²) in [5.41, 5.74) is 2.91. The summed E-state index contributed by atoms with van der Waals surface area (Å²) in [5.74, 6) is -1.06. The average Bonchev–Trinajstić information content (AvgIpc) is 3.84. The first-order valence-corrected chi connectivity index (χ1v) is 15.1. The number of halogens is 2. The molecule has 3 aliphatic rings. The van der Waals surface area contributed by atoms with Gasteiger partial charge in [-0.05, 0) is 36.8 Å². The van der Waals surface area contributed by atoms with Gasteiger partial charge in [-0.1, -0.05) is 42.4 Å². The third-order valence-electron chi connectivity index (χ3n) is 8.20. The quantitative estimate of drug-likeness (QED) is 0.230. The van der Waals surface area contributed by atoms with E-state index in [1.54, 1.807) is 0 Å². The Kier molecular flexibility index (Phi) is 8.63. The van der Waals surface area contributed by atoms with Gasteiger partial charge in [-0.2, -0.15) is 15.2 Å². The number of amides is 1. The maximum Gasteiger partial charge on any atom is 0.318 e. The number of ether oxygens (including phenoxy) is 2. The molecule has 43 heavy (non-hydrogen) atoms. The normalized spacial score (nSPS) is 18.3. The number of piperazine rings is 1. The number of benzene rings is 2. The minimum atomic E-state index is -1.02. The van der Waals surface area contributed by atoms with Crippen molar-refractivity contribution in [2.24, 2.45) is 0 Å². The van der Waals surface area contributed by atoms with Crippen LogP contribution in [0.25, 0.3) is 10.8 Å². The van der Waals surface area contributed by atoms with E-state index in [4.69, 9.17) is 31.0 Å². The van der Waals surface area contributed by atoms with Crippen molar-refractivity contribution >= 4 is 39.8 Å². The van der Waals surface area contributed by atoms with Crippen LogP contribution in [-0.2, 0) is 22.5 Å². The van der Waals surface area contributed by atoms with Crippen LogP contribution in [0.2, 0.25) is 5.02 Å². The lowest BCUT2D eigenvalue weighted by Gasteiger charge is -2.42. The van der Waals surface area contributed by atoms with Gasteiger partial charge >= 0.3 is 6.01 Å². The van der Waals surface area contributed by atoms with E-state index >= 15 is 0 Å². The Morgan fingerprint density at radius 2 is 1.93 bits per heavy atom. The molecule has 2 aliphatic heterocycles. The van der Waals surface area contributed by atoms with Crippen molar-refractivity contribution < 1.29 is 18.7 Å². The molecule has 0 spiro atoms. The Bertz CT molecular complexity index is 1570. The van der Waals surface area contributed by atoms with Gasteiger partial charge in [0.05, 0.1) is 55.1 Å². The van der Waals surface area contributed by atoms with E-state index in [2.05, 4.69) is 40.6 Å². The largest absolute Gasteiger partial charge is 0.463 e. The summed E-state index contributed by atoms with van der Waals surface area (Å²) in [4.78, 5) is 27.9. The Labute approximate surface area is 255 Å². The van der Waals surface area contributed by atoms with Gasteiger partial charge in [0.15, 0.2) is 5.83 Å². The molecule has 0 N–H and O–H groups in total. The first-order valence-electron chi connectivity index (χ1n) is 14.8. The fourth-order valence-electron chi connectivity index (χ4n) is 5.92. The van der Waals surface area contributed by atoms with Crippen LogP contribution in [0.4, 0.5) is 15.9 Å². The van der Waals surface area contributed by atoms with Crippen molar-refractivity contribution in [3.05, 3.63) is 65.1 Å². The molecule has 1 amide bonds. The monoisotopic (exact) mass is 604 g/mol. The number of fused-ring (bicyclic) bond motifs is 2. The topological polar surface area (TPSA) is 94.8 Å². The van der Waals surface area contributed by atoms with Crippen molar-refractivity contribution in [2.45, 2.75) is 50.8 Å². The number of nitrogens with zero attached hydrogens (tertiary/aromatic N) is 6. The van der Waals surface area contributed by atoms with Gasteiger partial charge in [0.25, 0.3) is 5.91 Å². The highest BCUT2D eigenvalue weighted by Gasteiger charge is 2.35. The molecule has 2 aromatic carbocycles. The van der Waals surface area contributed by atoms with Crippen LogP contribution in [0.5, 0.6) is 6.01 Å². The van der Waals surface area contributed by atoms with Gasteiger partial charge < -0.3 is 24.2 Å². The molecule has 224 valence electrons. The Hall–Kier alpha value is -3.94. The lowest BCUT2D eigenvalue weighted by Crippen LogP contribution is -2.55. The van der Waals surface area contributed by atoms with Crippen LogP contribution >= 0.6 is 11.6 Å². The second kappa shape index (κ2) is 12.7. The van der Waals surface area contributed by atoms with Gasteiger partial charge in [-0.3, -0.25) is 4.79 Å². The summed E-state index contributed by atoms with van der Waals surface area (Å²) in [6, 6.07) is 14.0. The van der Waals surface area contributed by atoms with Crippen LogP contribution in [0.15, 0.2) is 48.8 Å². The molecule has 1 saturated carbocycles.